The average Bonchev–Trinajstić information content (AvgIpc) is 2.56. The summed E-state index contributed by atoms with van der Waals surface area (Å²) in [5.74, 6) is -0.393. The summed E-state index contributed by atoms with van der Waals surface area (Å²) in [5.41, 5.74) is 0. The topological polar surface area (TPSA) is 84.5 Å². The van der Waals surface area contributed by atoms with Crippen molar-refractivity contribution in [1.29, 1.82) is 0 Å². The molecule has 0 saturated carbocycles. The van der Waals surface area contributed by atoms with Crippen molar-refractivity contribution in [2.24, 2.45) is 0 Å². The van der Waals surface area contributed by atoms with Crippen molar-refractivity contribution in [1.82, 2.24) is 10.0 Å². The van der Waals surface area contributed by atoms with Crippen LogP contribution in [0.15, 0.2) is 0 Å². The Morgan fingerprint density at radius 2 is 2.17 bits per heavy atom. The Bertz CT molecular complexity index is 348. The molecule has 1 heterocycles. The molecule has 1 fully saturated rings. The predicted octanol–water partition coefficient (Wildman–Crippen LogP) is 0.00110. The number of carbonyl (C=O) groups is 1. The number of carbonyl (C=O) groups excluding carboxylic acids is 1. The third-order valence-corrected chi connectivity index (χ3v) is 4.46. The summed E-state index contributed by atoms with van der Waals surface area (Å²) < 4.78 is 30.8. The molecule has 1 saturated heterocycles. The van der Waals surface area contributed by atoms with Gasteiger partial charge in [-0.2, -0.15) is 0 Å². The molecule has 1 rings (SSSR count). The lowest BCUT2D eigenvalue weighted by atomic mass is 10.1. The van der Waals surface area contributed by atoms with Crippen molar-refractivity contribution in [2.75, 3.05) is 26.0 Å². The van der Waals surface area contributed by atoms with Crippen LogP contribution in [0.1, 0.15) is 32.1 Å². The Hall–Kier alpha value is -0.660. The number of ether oxygens (including phenoxy) is 1. The van der Waals surface area contributed by atoms with E-state index in [-0.39, 0.29) is 24.2 Å². The molecule has 0 aromatic heterocycles. The zero-order valence-corrected chi connectivity index (χ0v) is 11.6. The fourth-order valence-corrected chi connectivity index (χ4v) is 3.34. The standard InChI is InChI=1S/C11H22N2O4S/c1-17-11(14)5-3-9-18(15,16)13-10-4-2-7-12-8-6-10/h10,12-13H,2-9H2,1H3. The number of nitrogens with one attached hydrogen (secondary N) is 2. The largest absolute Gasteiger partial charge is 0.469 e. The fraction of sp³-hybridized carbons (Fsp3) is 0.909. The van der Waals surface area contributed by atoms with Crippen molar-refractivity contribution < 1.29 is 17.9 Å². The van der Waals surface area contributed by atoms with Gasteiger partial charge in [0.05, 0.1) is 12.9 Å². The Kier molecular flexibility index (Phi) is 6.59. The Balaban J connectivity index is 2.31. The van der Waals surface area contributed by atoms with Gasteiger partial charge in [-0.3, -0.25) is 4.79 Å². The molecule has 18 heavy (non-hydrogen) atoms. The highest BCUT2D eigenvalue weighted by Gasteiger charge is 2.19. The first kappa shape index (κ1) is 15.4. The summed E-state index contributed by atoms with van der Waals surface area (Å²) in [6.45, 7) is 1.79. The van der Waals surface area contributed by atoms with Gasteiger partial charge in [-0.1, -0.05) is 0 Å². The minimum absolute atomic E-state index is 0.0168. The van der Waals surface area contributed by atoms with Gasteiger partial charge >= 0.3 is 5.97 Å². The number of sulfonamides is 1. The van der Waals surface area contributed by atoms with Crippen LogP contribution < -0.4 is 10.0 Å². The molecular weight excluding hydrogens is 256 g/mol. The van der Waals surface area contributed by atoms with Crippen LogP contribution in [0.5, 0.6) is 0 Å². The van der Waals surface area contributed by atoms with Gasteiger partial charge in [0.2, 0.25) is 10.0 Å². The summed E-state index contributed by atoms with van der Waals surface area (Å²) in [6, 6.07) is 0.0168. The number of methoxy groups -OCH3 is 1. The molecule has 1 atom stereocenters. The Morgan fingerprint density at radius 3 is 2.89 bits per heavy atom. The Morgan fingerprint density at radius 1 is 1.39 bits per heavy atom. The smallest absolute Gasteiger partial charge is 0.305 e. The van der Waals surface area contributed by atoms with E-state index in [1.54, 1.807) is 0 Å². The second kappa shape index (κ2) is 7.70. The third-order valence-electron chi connectivity index (χ3n) is 2.94. The van der Waals surface area contributed by atoms with Crippen molar-refractivity contribution >= 4 is 16.0 Å². The molecule has 0 bridgehead atoms. The molecule has 6 nitrogen and oxygen atoms in total. The summed E-state index contributed by atoms with van der Waals surface area (Å²) >= 11 is 0. The van der Waals surface area contributed by atoms with Gasteiger partial charge in [-0.15, -0.1) is 0 Å². The molecule has 106 valence electrons. The minimum atomic E-state index is -3.29. The molecule has 0 radical (unpaired) electrons. The lowest BCUT2D eigenvalue weighted by Gasteiger charge is -2.15. The van der Waals surface area contributed by atoms with E-state index in [2.05, 4.69) is 14.8 Å². The molecule has 0 aromatic rings. The monoisotopic (exact) mass is 278 g/mol. The molecule has 1 aliphatic heterocycles. The van der Waals surface area contributed by atoms with Gasteiger partial charge in [-0.05, 0) is 38.8 Å². The lowest BCUT2D eigenvalue weighted by Crippen LogP contribution is -2.37. The van der Waals surface area contributed by atoms with Gasteiger partial charge in [0.25, 0.3) is 0 Å². The second-order valence-corrected chi connectivity index (χ2v) is 6.37. The van der Waals surface area contributed by atoms with Crippen LogP contribution in [0.25, 0.3) is 0 Å². The van der Waals surface area contributed by atoms with E-state index in [0.29, 0.717) is 6.42 Å². The minimum Gasteiger partial charge on any atom is -0.469 e. The number of hydrogen-bond donors (Lipinski definition) is 2. The van der Waals surface area contributed by atoms with E-state index < -0.39 is 10.0 Å². The highest BCUT2D eigenvalue weighted by molar-refractivity contribution is 7.89. The van der Waals surface area contributed by atoms with Gasteiger partial charge in [0, 0.05) is 12.5 Å². The molecule has 1 aliphatic rings. The molecule has 2 N–H and O–H groups in total. The van der Waals surface area contributed by atoms with E-state index in [4.69, 9.17) is 0 Å². The summed E-state index contributed by atoms with van der Waals surface area (Å²) in [7, 11) is -1.99. The van der Waals surface area contributed by atoms with E-state index >= 15 is 0 Å². The maximum atomic E-state index is 11.8. The van der Waals surface area contributed by atoms with Crippen molar-refractivity contribution in [3.8, 4) is 0 Å². The van der Waals surface area contributed by atoms with Crippen LogP contribution in [0.3, 0.4) is 0 Å². The zero-order valence-electron chi connectivity index (χ0n) is 10.8. The fourth-order valence-electron chi connectivity index (χ4n) is 1.96. The van der Waals surface area contributed by atoms with Crippen LogP contribution in [0.2, 0.25) is 0 Å². The molecule has 0 spiro atoms. The number of hydrogen-bond acceptors (Lipinski definition) is 5. The quantitative estimate of drug-likeness (QED) is 0.668. The van der Waals surface area contributed by atoms with E-state index in [9.17, 15) is 13.2 Å². The molecule has 0 amide bonds. The van der Waals surface area contributed by atoms with Crippen LogP contribution in [-0.4, -0.2) is 46.4 Å². The number of rotatable bonds is 6. The van der Waals surface area contributed by atoms with Crippen molar-refractivity contribution in [3.05, 3.63) is 0 Å². The van der Waals surface area contributed by atoms with Gasteiger partial charge < -0.3 is 10.1 Å². The van der Waals surface area contributed by atoms with Crippen molar-refractivity contribution in [3.63, 3.8) is 0 Å². The summed E-state index contributed by atoms with van der Waals surface area (Å²) in [4.78, 5) is 10.9. The first-order chi connectivity index (χ1) is 8.53. The lowest BCUT2D eigenvalue weighted by molar-refractivity contribution is -0.140. The first-order valence-corrected chi connectivity index (χ1v) is 7.96. The highest BCUT2D eigenvalue weighted by atomic mass is 32.2. The Labute approximate surface area is 109 Å². The maximum absolute atomic E-state index is 11.8. The highest BCUT2D eigenvalue weighted by Crippen LogP contribution is 2.07. The molecule has 7 heteroatoms. The van der Waals surface area contributed by atoms with Gasteiger partial charge in [0.15, 0.2) is 0 Å². The number of esters is 1. The van der Waals surface area contributed by atoms with Gasteiger partial charge in [-0.25, -0.2) is 13.1 Å². The average molecular weight is 278 g/mol. The molecule has 0 aromatic carbocycles. The molecule has 1 unspecified atom stereocenters. The van der Waals surface area contributed by atoms with Crippen LogP contribution in [0, 0.1) is 0 Å². The molecular formula is C11H22N2O4S. The SMILES string of the molecule is COC(=O)CCCS(=O)(=O)NC1CCCNCC1. The maximum Gasteiger partial charge on any atom is 0.305 e. The summed E-state index contributed by atoms with van der Waals surface area (Å²) in [6.07, 6.45) is 3.10. The van der Waals surface area contributed by atoms with E-state index in [0.717, 1.165) is 32.4 Å². The van der Waals surface area contributed by atoms with Gasteiger partial charge in [0.1, 0.15) is 0 Å². The zero-order chi connectivity index (χ0) is 13.4. The summed E-state index contributed by atoms with van der Waals surface area (Å²) in [5, 5.41) is 3.23. The van der Waals surface area contributed by atoms with Crippen molar-refractivity contribution in [2.45, 2.75) is 38.1 Å². The first-order valence-electron chi connectivity index (χ1n) is 6.31. The molecule has 0 aliphatic carbocycles. The second-order valence-electron chi connectivity index (χ2n) is 4.49. The van der Waals surface area contributed by atoms with Crippen LogP contribution in [-0.2, 0) is 19.6 Å². The predicted molar refractivity (Wildman–Crippen MR) is 68.7 cm³/mol. The van der Waals surface area contributed by atoms with E-state index in [1.807, 2.05) is 0 Å². The van der Waals surface area contributed by atoms with Crippen LogP contribution in [0.4, 0.5) is 0 Å². The third kappa shape index (κ3) is 6.32. The van der Waals surface area contributed by atoms with E-state index in [1.165, 1.54) is 7.11 Å². The van der Waals surface area contributed by atoms with Crippen LogP contribution >= 0.6 is 0 Å². The normalized spacial score (nSPS) is 21.3.